The number of unbranched alkanes of at least 4 members (excludes halogenated alkanes) is 1. The second-order valence-electron chi connectivity index (χ2n) is 2.88. The number of hydrogen-bond acceptors (Lipinski definition) is 6. The molecule has 0 bridgehead atoms. The summed E-state index contributed by atoms with van der Waals surface area (Å²) >= 11 is 0. The van der Waals surface area contributed by atoms with E-state index in [9.17, 15) is 14.7 Å². The van der Waals surface area contributed by atoms with Crippen molar-refractivity contribution in [2.75, 3.05) is 13.7 Å². The Hall–Kier alpha value is -1.32. The van der Waals surface area contributed by atoms with Gasteiger partial charge in [-0.15, -0.1) is 0 Å². The van der Waals surface area contributed by atoms with Crippen molar-refractivity contribution in [3.63, 3.8) is 0 Å². The molecular weight excluding hydrogens is 200 g/mol. The summed E-state index contributed by atoms with van der Waals surface area (Å²) in [5.41, 5.74) is 0. The number of aliphatic hydroxyl groups is 1. The molecule has 0 aromatic rings. The predicted octanol–water partition coefficient (Wildman–Crippen LogP) is 0.162. The summed E-state index contributed by atoms with van der Waals surface area (Å²) < 4.78 is 4.64. The van der Waals surface area contributed by atoms with Crippen molar-refractivity contribution >= 4 is 12.2 Å². The third-order valence-electron chi connectivity index (χ3n) is 1.87. The van der Waals surface area contributed by atoms with Gasteiger partial charge in [0.15, 0.2) is 6.29 Å². The SMILES string of the molecule is COC(O)C(CCCCN=C=O)N=C=O. The maximum atomic E-state index is 10.0. The first-order valence-corrected chi connectivity index (χ1v) is 4.57. The quantitative estimate of drug-likeness (QED) is 0.270. The van der Waals surface area contributed by atoms with Gasteiger partial charge < -0.3 is 9.84 Å². The minimum atomic E-state index is -1.10. The number of carbonyl (C=O) groups excluding carboxylic acids is 2. The Bertz CT molecular complexity index is 257. The number of rotatable bonds is 8. The normalized spacial score (nSPS) is 13.5. The second kappa shape index (κ2) is 9.24. The summed E-state index contributed by atoms with van der Waals surface area (Å²) in [6.45, 7) is 0.393. The van der Waals surface area contributed by atoms with Crippen LogP contribution in [0.25, 0.3) is 0 Å². The fourth-order valence-corrected chi connectivity index (χ4v) is 1.09. The molecule has 2 unspecified atom stereocenters. The lowest BCUT2D eigenvalue weighted by molar-refractivity contribution is -0.0902. The number of ether oxygens (including phenoxy) is 1. The predicted molar refractivity (Wildman–Crippen MR) is 51.8 cm³/mol. The Balaban J connectivity index is 3.85. The van der Waals surface area contributed by atoms with Gasteiger partial charge >= 0.3 is 0 Å². The molecule has 0 fully saturated rings. The summed E-state index contributed by atoms with van der Waals surface area (Å²) in [5.74, 6) is 0. The lowest BCUT2D eigenvalue weighted by Crippen LogP contribution is -2.25. The zero-order valence-corrected chi connectivity index (χ0v) is 8.55. The highest BCUT2D eigenvalue weighted by atomic mass is 16.6. The van der Waals surface area contributed by atoms with E-state index in [2.05, 4.69) is 14.7 Å². The number of hydrogen-bond donors (Lipinski definition) is 1. The van der Waals surface area contributed by atoms with E-state index >= 15 is 0 Å². The standard InChI is InChI=1S/C9H14N2O4/c1-15-9(14)8(11-7-13)4-2-3-5-10-6-12/h8-9,14H,2-5H2,1H3. The molecule has 0 rings (SSSR count). The Morgan fingerprint density at radius 3 is 2.60 bits per heavy atom. The molecule has 6 heteroatoms. The van der Waals surface area contributed by atoms with Gasteiger partial charge in [0.1, 0.15) is 6.04 Å². The number of nitrogens with zero attached hydrogens (tertiary/aromatic N) is 2. The first kappa shape index (κ1) is 13.7. The number of aliphatic hydroxyl groups excluding tert-OH is 1. The fraction of sp³-hybridized carbons (Fsp3) is 0.778. The minimum Gasteiger partial charge on any atom is -0.366 e. The van der Waals surface area contributed by atoms with Crippen molar-refractivity contribution in [2.24, 2.45) is 9.98 Å². The Morgan fingerprint density at radius 2 is 2.07 bits per heavy atom. The highest BCUT2D eigenvalue weighted by Gasteiger charge is 2.16. The van der Waals surface area contributed by atoms with E-state index in [-0.39, 0.29) is 0 Å². The largest absolute Gasteiger partial charge is 0.366 e. The Kier molecular flexibility index (Phi) is 8.43. The van der Waals surface area contributed by atoms with E-state index in [1.807, 2.05) is 0 Å². The molecule has 1 N–H and O–H groups in total. The molecule has 0 aliphatic carbocycles. The third-order valence-corrected chi connectivity index (χ3v) is 1.87. The van der Waals surface area contributed by atoms with E-state index < -0.39 is 12.3 Å². The lowest BCUT2D eigenvalue weighted by Gasteiger charge is -2.15. The van der Waals surface area contributed by atoms with Gasteiger partial charge in [-0.1, -0.05) is 0 Å². The van der Waals surface area contributed by atoms with E-state index in [0.717, 1.165) is 0 Å². The van der Waals surface area contributed by atoms with Crippen LogP contribution in [0.1, 0.15) is 19.3 Å². The topological polar surface area (TPSA) is 88.3 Å². The Labute approximate surface area is 87.7 Å². The summed E-state index contributed by atoms with van der Waals surface area (Å²) in [7, 11) is 1.33. The van der Waals surface area contributed by atoms with E-state index in [1.165, 1.54) is 19.3 Å². The average molecular weight is 214 g/mol. The lowest BCUT2D eigenvalue weighted by atomic mass is 10.1. The van der Waals surface area contributed by atoms with Gasteiger partial charge in [0, 0.05) is 7.11 Å². The van der Waals surface area contributed by atoms with Gasteiger partial charge in [0.05, 0.1) is 6.54 Å². The molecule has 0 radical (unpaired) electrons. The first-order valence-electron chi connectivity index (χ1n) is 4.57. The van der Waals surface area contributed by atoms with Crippen LogP contribution in [0.2, 0.25) is 0 Å². The molecule has 0 saturated carbocycles. The molecule has 2 atom stereocenters. The smallest absolute Gasteiger partial charge is 0.235 e. The van der Waals surface area contributed by atoms with Gasteiger partial charge in [-0.3, -0.25) is 0 Å². The molecule has 0 amide bonds. The molecule has 84 valence electrons. The van der Waals surface area contributed by atoms with Gasteiger partial charge in [-0.05, 0) is 19.3 Å². The molecular formula is C9H14N2O4. The van der Waals surface area contributed by atoms with Crippen molar-refractivity contribution in [1.29, 1.82) is 0 Å². The average Bonchev–Trinajstić information content (AvgIpc) is 2.26. The number of aliphatic imine (C=N–C) groups is 2. The van der Waals surface area contributed by atoms with Crippen molar-refractivity contribution < 1.29 is 19.4 Å². The number of isocyanates is 2. The summed E-state index contributed by atoms with van der Waals surface area (Å²) in [4.78, 5) is 26.6. The maximum Gasteiger partial charge on any atom is 0.235 e. The van der Waals surface area contributed by atoms with Gasteiger partial charge in [-0.25, -0.2) is 14.6 Å². The molecule has 0 heterocycles. The third kappa shape index (κ3) is 6.71. The summed E-state index contributed by atoms with van der Waals surface area (Å²) in [6.07, 6.45) is 3.56. The van der Waals surface area contributed by atoms with Crippen molar-refractivity contribution in [2.45, 2.75) is 31.6 Å². The molecule has 0 spiro atoms. The van der Waals surface area contributed by atoms with Crippen LogP contribution in [-0.4, -0.2) is 43.3 Å². The zero-order valence-electron chi connectivity index (χ0n) is 8.55. The van der Waals surface area contributed by atoms with E-state index in [4.69, 9.17) is 0 Å². The van der Waals surface area contributed by atoms with Crippen LogP contribution in [0.5, 0.6) is 0 Å². The summed E-state index contributed by atoms with van der Waals surface area (Å²) in [5, 5.41) is 9.27. The molecule has 0 aliphatic rings. The van der Waals surface area contributed by atoms with E-state index in [1.54, 1.807) is 0 Å². The summed E-state index contributed by atoms with van der Waals surface area (Å²) in [6, 6.07) is -0.604. The highest BCUT2D eigenvalue weighted by Crippen LogP contribution is 2.09. The van der Waals surface area contributed by atoms with Crippen molar-refractivity contribution in [1.82, 2.24) is 0 Å². The van der Waals surface area contributed by atoms with Crippen LogP contribution in [0, 0.1) is 0 Å². The second-order valence-corrected chi connectivity index (χ2v) is 2.88. The zero-order chi connectivity index (χ0) is 11.5. The van der Waals surface area contributed by atoms with Gasteiger partial charge in [0.2, 0.25) is 12.2 Å². The molecule has 6 nitrogen and oxygen atoms in total. The fourth-order valence-electron chi connectivity index (χ4n) is 1.09. The molecule has 0 aromatic carbocycles. The minimum absolute atomic E-state index is 0.393. The van der Waals surface area contributed by atoms with Crippen LogP contribution in [0.3, 0.4) is 0 Å². The molecule has 15 heavy (non-hydrogen) atoms. The van der Waals surface area contributed by atoms with Crippen LogP contribution >= 0.6 is 0 Å². The maximum absolute atomic E-state index is 10.0. The van der Waals surface area contributed by atoms with Crippen molar-refractivity contribution in [3.05, 3.63) is 0 Å². The van der Waals surface area contributed by atoms with Crippen molar-refractivity contribution in [3.8, 4) is 0 Å². The Morgan fingerprint density at radius 1 is 1.33 bits per heavy atom. The van der Waals surface area contributed by atoms with Crippen LogP contribution in [0.15, 0.2) is 9.98 Å². The molecule has 0 saturated heterocycles. The monoisotopic (exact) mass is 214 g/mol. The van der Waals surface area contributed by atoms with Gasteiger partial charge in [0.25, 0.3) is 0 Å². The van der Waals surface area contributed by atoms with Crippen LogP contribution in [0.4, 0.5) is 0 Å². The van der Waals surface area contributed by atoms with Crippen LogP contribution < -0.4 is 0 Å². The van der Waals surface area contributed by atoms with Crippen LogP contribution in [-0.2, 0) is 14.3 Å². The highest BCUT2D eigenvalue weighted by molar-refractivity contribution is 5.33. The molecule has 0 aliphatic heterocycles. The first-order chi connectivity index (χ1) is 7.26. The number of methoxy groups -OCH3 is 1. The van der Waals surface area contributed by atoms with Gasteiger partial charge in [-0.2, -0.15) is 4.99 Å². The van der Waals surface area contributed by atoms with E-state index in [0.29, 0.717) is 25.8 Å². The molecule has 0 aromatic heterocycles.